The Bertz CT molecular complexity index is 670. The number of amides is 2. The molecule has 9 nitrogen and oxygen atoms in total. The van der Waals surface area contributed by atoms with Crippen LogP contribution in [0.2, 0.25) is 0 Å². The molecule has 168 valence electrons. The minimum absolute atomic E-state index is 0.0171. The molecule has 3 aliphatic heterocycles. The van der Waals surface area contributed by atoms with Crippen LogP contribution in [0.25, 0.3) is 0 Å². The Hall–Kier alpha value is -1.58. The molecule has 3 saturated heterocycles. The van der Waals surface area contributed by atoms with E-state index in [2.05, 4.69) is 10.4 Å². The van der Waals surface area contributed by atoms with Gasteiger partial charge in [-0.15, -0.1) is 0 Å². The highest BCUT2D eigenvalue weighted by Gasteiger charge is 2.50. The first-order valence-corrected chi connectivity index (χ1v) is 11.5. The Morgan fingerprint density at radius 1 is 1.00 bits per heavy atom. The van der Waals surface area contributed by atoms with Crippen molar-refractivity contribution in [2.45, 2.75) is 69.3 Å². The molecule has 0 aromatic rings. The second-order valence-electron chi connectivity index (χ2n) is 9.64. The molecule has 2 amide bonds. The highest BCUT2D eigenvalue weighted by atomic mass is 16.6. The summed E-state index contributed by atoms with van der Waals surface area (Å²) in [5.74, 6) is 1.13. The maximum Gasteiger partial charge on any atom is 0.410 e. The fourth-order valence-corrected chi connectivity index (χ4v) is 5.80. The fourth-order valence-electron chi connectivity index (χ4n) is 5.80. The third-order valence-electron chi connectivity index (χ3n) is 7.65. The van der Waals surface area contributed by atoms with Gasteiger partial charge in [-0.1, -0.05) is 0 Å². The number of nitrogens with zero attached hydrogens (tertiary/aromatic N) is 3. The lowest BCUT2D eigenvalue weighted by Gasteiger charge is -2.53. The van der Waals surface area contributed by atoms with E-state index in [1.807, 2.05) is 16.7 Å². The van der Waals surface area contributed by atoms with Crippen LogP contribution in [0.1, 0.15) is 39.0 Å². The van der Waals surface area contributed by atoms with Gasteiger partial charge in [0.15, 0.2) is 6.10 Å². The van der Waals surface area contributed by atoms with Gasteiger partial charge in [-0.3, -0.25) is 10.3 Å². The lowest BCUT2D eigenvalue weighted by atomic mass is 9.73. The van der Waals surface area contributed by atoms with Crippen molar-refractivity contribution in [3.05, 3.63) is 0 Å². The molecule has 0 spiro atoms. The summed E-state index contributed by atoms with van der Waals surface area (Å²) < 4.78 is 15.9. The predicted octanol–water partition coefficient (Wildman–Crippen LogP) is 1.43. The van der Waals surface area contributed by atoms with Crippen molar-refractivity contribution in [3.8, 4) is 0 Å². The van der Waals surface area contributed by atoms with Crippen molar-refractivity contribution in [2.24, 2.45) is 11.8 Å². The number of piperazine rings is 1. The topological polar surface area (TPSA) is 83.6 Å². The number of nitrogens with one attached hydrogen (secondary N) is 1. The molecule has 2 saturated carbocycles. The van der Waals surface area contributed by atoms with E-state index in [0.29, 0.717) is 37.6 Å². The number of hydrazine groups is 1. The monoisotopic (exact) mass is 422 g/mol. The molecule has 5 rings (SSSR count). The molecule has 2 aliphatic carbocycles. The molecule has 9 heteroatoms. The van der Waals surface area contributed by atoms with E-state index in [-0.39, 0.29) is 36.4 Å². The molecule has 0 aromatic heterocycles. The van der Waals surface area contributed by atoms with Crippen LogP contribution in [0.5, 0.6) is 0 Å². The average molecular weight is 423 g/mol. The fraction of sp³-hybridized carbons (Fsp3) is 0.905. The summed E-state index contributed by atoms with van der Waals surface area (Å²) in [5.41, 5.74) is 3.59. The molecular weight excluding hydrogens is 388 g/mol. The standard InChI is InChI=1S/C21H34N4O5/c1-13-9-23(20(26)30-17-11-29-12-17)19-7-14(3-6-18(19)25(13)21(27)28-2)15-8-22-24(10-15)16-4-5-16/h13-19,22H,3-12H2,1-2H3/t13-,14?,15?,18?,19?/m0/s1. The largest absolute Gasteiger partial charge is 0.453 e. The number of ether oxygens (including phenoxy) is 3. The van der Waals surface area contributed by atoms with E-state index in [4.69, 9.17) is 14.2 Å². The Labute approximate surface area is 177 Å². The van der Waals surface area contributed by atoms with Gasteiger partial charge in [0.05, 0.1) is 38.4 Å². The molecule has 1 N–H and O–H groups in total. The molecule has 5 atom stereocenters. The number of hydrogen-bond acceptors (Lipinski definition) is 7. The Morgan fingerprint density at radius 2 is 1.80 bits per heavy atom. The highest BCUT2D eigenvalue weighted by molar-refractivity contribution is 5.72. The van der Waals surface area contributed by atoms with E-state index in [9.17, 15) is 9.59 Å². The van der Waals surface area contributed by atoms with E-state index in [1.54, 1.807) is 0 Å². The summed E-state index contributed by atoms with van der Waals surface area (Å²) in [6.45, 7) is 5.52. The van der Waals surface area contributed by atoms with Crippen molar-refractivity contribution >= 4 is 12.2 Å². The third kappa shape index (κ3) is 3.76. The number of carbonyl (C=O) groups is 2. The number of carbonyl (C=O) groups excluding carboxylic acids is 2. The smallest absolute Gasteiger partial charge is 0.410 e. The molecular formula is C21H34N4O5. The molecule has 0 radical (unpaired) electrons. The SMILES string of the molecule is COC(=O)N1C2CCC(C3CNN(C4CC4)C3)CC2N(C(=O)OC2COC2)C[C@@H]1C. The van der Waals surface area contributed by atoms with Crippen LogP contribution >= 0.6 is 0 Å². The van der Waals surface area contributed by atoms with Crippen LogP contribution in [0.3, 0.4) is 0 Å². The minimum atomic E-state index is -0.293. The molecule has 0 aromatic carbocycles. The Morgan fingerprint density at radius 3 is 2.47 bits per heavy atom. The first-order valence-electron chi connectivity index (χ1n) is 11.5. The molecule has 3 heterocycles. The maximum absolute atomic E-state index is 13.0. The number of hydrogen-bond donors (Lipinski definition) is 1. The second kappa shape index (κ2) is 8.16. The van der Waals surface area contributed by atoms with Crippen LogP contribution in [-0.4, -0.2) is 97.2 Å². The molecule has 5 aliphatic rings. The van der Waals surface area contributed by atoms with E-state index in [0.717, 1.165) is 32.4 Å². The van der Waals surface area contributed by atoms with Crippen molar-refractivity contribution < 1.29 is 23.8 Å². The van der Waals surface area contributed by atoms with Gasteiger partial charge in [0, 0.05) is 25.7 Å². The molecule has 0 bridgehead atoms. The Balaban J connectivity index is 1.31. The molecule has 4 unspecified atom stereocenters. The van der Waals surface area contributed by atoms with Gasteiger partial charge in [0.2, 0.25) is 0 Å². The van der Waals surface area contributed by atoms with Crippen molar-refractivity contribution in [3.63, 3.8) is 0 Å². The quantitative estimate of drug-likeness (QED) is 0.737. The number of rotatable bonds is 3. The number of fused-ring (bicyclic) bond motifs is 1. The van der Waals surface area contributed by atoms with E-state index in [1.165, 1.54) is 20.0 Å². The van der Waals surface area contributed by atoms with Gasteiger partial charge in [0.1, 0.15) is 0 Å². The first-order chi connectivity index (χ1) is 14.5. The lowest BCUT2D eigenvalue weighted by Crippen LogP contribution is -2.67. The lowest BCUT2D eigenvalue weighted by molar-refractivity contribution is -0.115. The highest BCUT2D eigenvalue weighted by Crippen LogP contribution is 2.41. The third-order valence-corrected chi connectivity index (χ3v) is 7.65. The second-order valence-corrected chi connectivity index (χ2v) is 9.64. The number of methoxy groups -OCH3 is 1. The first kappa shape index (κ1) is 20.3. The van der Waals surface area contributed by atoms with Crippen LogP contribution in [0, 0.1) is 11.8 Å². The van der Waals surface area contributed by atoms with Crippen molar-refractivity contribution in [2.75, 3.05) is 40.0 Å². The summed E-state index contributed by atoms with van der Waals surface area (Å²) >= 11 is 0. The Kier molecular flexibility index (Phi) is 5.53. The van der Waals surface area contributed by atoms with Gasteiger partial charge in [-0.2, -0.15) is 0 Å². The van der Waals surface area contributed by atoms with Gasteiger partial charge < -0.3 is 19.1 Å². The summed E-state index contributed by atoms with van der Waals surface area (Å²) in [5, 5.41) is 2.42. The van der Waals surface area contributed by atoms with Gasteiger partial charge in [-0.25, -0.2) is 14.6 Å². The normalized spacial score (nSPS) is 37.5. The van der Waals surface area contributed by atoms with Gasteiger partial charge in [-0.05, 0) is 50.9 Å². The zero-order chi connectivity index (χ0) is 20.8. The van der Waals surface area contributed by atoms with Crippen LogP contribution in [0.4, 0.5) is 9.59 Å². The van der Waals surface area contributed by atoms with E-state index < -0.39 is 0 Å². The van der Waals surface area contributed by atoms with Gasteiger partial charge in [0.25, 0.3) is 0 Å². The van der Waals surface area contributed by atoms with Crippen LogP contribution < -0.4 is 5.43 Å². The zero-order valence-electron chi connectivity index (χ0n) is 18.0. The van der Waals surface area contributed by atoms with Crippen LogP contribution in [0.15, 0.2) is 0 Å². The van der Waals surface area contributed by atoms with Crippen LogP contribution in [-0.2, 0) is 14.2 Å². The summed E-state index contributed by atoms with van der Waals surface area (Å²) in [6.07, 6.45) is 4.77. The van der Waals surface area contributed by atoms with Crippen molar-refractivity contribution in [1.82, 2.24) is 20.2 Å². The zero-order valence-corrected chi connectivity index (χ0v) is 18.0. The van der Waals surface area contributed by atoms with Crippen molar-refractivity contribution in [1.29, 1.82) is 0 Å². The summed E-state index contributed by atoms with van der Waals surface area (Å²) in [4.78, 5) is 29.3. The molecule has 30 heavy (non-hydrogen) atoms. The minimum Gasteiger partial charge on any atom is -0.453 e. The summed E-state index contributed by atoms with van der Waals surface area (Å²) in [7, 11) is 1.43. The maximum atomic E-state index is 13.0. The van der Waals surface area contributed by atoms with E-state index >= 15 is 0 Å². The average Bonchev–Trinajstić information content (AvgIpc) is 3.45. The van der Waals surface area contributed by atoms with Gasteiger partial charge >= 0.3 is 12.2 Å². The molecule has 5 fully saturated rings. The predicted molar refractivity (Wildman–Crippen MR) is 108 cm³/mol. The summed E-state index contributed by atoms with van der Waals surface area (Å²) in [6, 6.07) is 0.575.